The summed E-state index contributed by atoms with van der Waals surface area (Å²) in [6.07, 6.45) is -3.68. The molecular weight excluding hydrogens is 387 g/mol. The molecule has 10 heteroatoms. The Balaban J connectivity index is 1.65. The van der Waals surface area contributed by atoms with Crippen LogP contribution >= 0.6 is 0 Å². The lowest BCUT2D eigenvalue weighted by molar-refractivity contribution is -0.137. The van der Waals surface area contributed by atoms with Crippen molar-refractivity contribution in [3.63, 3.8) is 0 Å². The van der Waals surface area contributed by atoms with Crippen LogP contribution in [-0.2, 0) is 17.5 Å². The Kier molecular flexibility index (Phi) is 6.10. The molecule has 0 bridgehead atoms. The van der Waals surface area contributed by atoms with Crippen LogP contribution in [0.5, 0.6) is 5.75 Å². The molecule has 2 aromatic carbocycles. The molecule has 0 saturated heterocycles. The smallest absolute Gasteiger partial charge is 0.418 e. The molecule has 152 valence electrons. The fourth-order valence-corrected chi connectivity index (χ4v) is 2.50. The van der Waals surface area contributed by atoms with Gasteiger partial charge in [-0.3, -0.25) is 4.79 Å². The number of amides is 1. The van der Waals surface area contributed by atoms with E-state index in [4.69, 9.17) is 4.74 Å². The van der Waals surface area contributed by atoms with Crippen LogP contribution in [-0.4, -0.2) is 32.7 Å². The minimum Gasteiger partial charge on any atom is -0.494 e. The van der Waals surface area contributed by atoms with Crippen molar-refractivity contribution in [2.75, 3.05) is 11.9 Å². The first kappa shape index (κ1) is 20.3. The van der Waals surface area contributed by atoms with Crippen molar-refractivity contribution in [3.05, 3.63) is 54.1 Å². The van der Waals surface area contributed by atoms with E-state index in [0.29, 0.717) is 17.9 Å². The molecule has 7 nitrogen and oxygen atoms in total. The molecule has 0 saturated carbocycles. The van der Waals surface area contributed by atoms with Crippen LogP contribution in [0, 0.1) is 0 Å². The van der Waals surface area contributed by atoms with E-state index in [9.17, 15) is 18.0 Å². The van der Waals surface area contributed by atoms with Crippen molar-refractivity contribution in [1.29, 1.82) is 0 Å². The van der Waals surface area contributed by atoms with Gasteiger partial charge < -0.3 is 10.1 Å². The second kappa shape index (κ2) is 8.72. The minimum atomic E-state index is -4.57. The maximum Gasteiger partial charge on any atom is 0.418 e. The lowest BCUT2D eigenvalue weighted by Crippen LogP contribution is -2.22. The monoisotopic (exact) mass is 405 g/mol. The maximum absolute atomic E-state index is 13.0. The predicted molar refractivity (Wildman–Crippen MR) is 99.1 cm³/mol. The van der Waals surface area contributed by atoms with E-state index in [0.717, 1.165) is 17.3 Å². The van der Waals surface area contributed by atoms with Crippen LogP contribution in [0.15, 0.2) is 48.5 Å². The number of hydrogen-bond donors (Lipinski definition) is 1. The molecule has 0 aliphatic carbocycles. The zero-order valence-corrected chi connectivity index (χ0v) is 15.5. The number of rotatable bonds is 7. The van der Waals surface area contributed by atoms with Crippen LogP contribution in [0.3, 0.4) is 0 Å². The summed E-state index contributed by atoms with van der Waals surface area (Å²) in [6, 6.07) is 11.8. The number of anilines is 1. The minimum absolute atomic E-state index is 0.288. The highest BCUT2D eigenvalue weighted by Crippen LogP contribution is 2.34. The molecule has 29 heavy (non-hydrogen) atoms. The molecule has 1 amide bonds. The molecule has 1 N–H and O–H groups in total. The Labute approximate surface area is 164 Å². The quantitative estimate of drug-likeness (QED) is 0.647. The zero-order chi connectivity index (χ0) is 20.9. The first-order valence-corrected chi connectivity index (χ1v) is 8.84. The van der Waals surface area contributed by atoms with E-state index in [-0.39, 0.29) is 18.1 Å². The van der Waals surface area contributed by atoms with Crippen LogP contribution in [0.1, 0.15) is 18.9 Å². The Morgan fingerprint density at radius 2 is 1.86 bits per heavy atom. The Bertz CT molecular complexity index is 970. The Morgan fingerprint density at radius 1 is 1.14 bits per heavy atom. The molecule has 3 aromatic rings. The highest BCUT2D eigenvalue weighted by molar-refractivity contribution is 5.91. The summed E-state index contributed by atoms with van der Waals surface area (Å²) in [4.78, 5) is 13.1. The van der Waals surface area contributed by atoms with Gasteiger partial charge in [-0.25, -0.2) is 0 Å². The molecule has 1 aromatic heterocycles. The fraction of sp³-hybridized carbons (Fsp3) is 0.263. The number of ether oxygens (including phenoxy) is 1. The summed E-state index contributed by atoms with van der Waals surface area (Å²) < 4.78 is 44.5. The first-order chi connectivity index (χ1) is 13.9. The van der Waals surface area contributed by atoms with Gasteiger partial charge in [0.25, 0.3) is 0 Å². The second-order valence-electron chi connectivity index (χ2n) is 6.11. The number of carbonyl (C=O) groups excluding carboxylic acids is 1. The lowest BCUT2D eigenvalue weighted by Gasteiger charge is -2.13. The van der Waals surface area contributed by atoms with Crippen LogP contribution < -0.4 is 10.1 Å². The summed E-state index contributed by atoms with van der Waals surface area (Å²) in [5, 5.41) is 14.0. The van der Waals surface area contributed by atoms with E-state index in [1.807, 2.05) is 6.92 Å². The van der Waals surface area contributed by atoms with Crippen LogP contribution in [0.2, 0.25) is 0 Å². The van der Waals surface area contributed by atoms with Crippen molar-refractivity contribution in [1.82, 2.24) is 20.2 Å². The number of alkyl halides is 3. The van der Waals surface area contributed by atoms with Crippen LogP contribution in [0.4, 0.5) is 18.9 Å². The number of hydrogen-bond acceptors (Lipinski definition) is 5. The highest BCUT2D eigenvalue weighted by atomic mass is 19.4. The van der Waals surface area contributed by atoms with E-state index < -0.39 is 17.6 Å². The standard InChI is InChI=1S/C19H18F3N5O2/c1-2-11-29-14-9-7-13(8-10-14)18-24-26-27(25-18)12-17(28)23-16-6-4-3-5-15(16)19(20,21)22/h3-10H,2,11-12H2,1H3,(H,23,28). The summed E-state index contributed by atoms with van der Waals surface area (Å²) in [5.74, 6) is 0.301. The van der Waals surface area contributed by atoms with Gasteiger partial charge in [-0.1, -0.05) is 19.1 Å². The van der Waals surface area contributed by atoms with Gasteiger partial charge in [0.1, 0.15) is 12.3 Å². The van der Waals surface area contributed by atoms with Gasteiger partial charge in [-0.05, 0) is 48.0 Å². The molecular formula is C19H18F3N5O2. The maximum atomic E-state index is 13.0. The Morgan fingerprint density at radius 3 is 2.55 bits per heavy atom. The third-order valence-corrected chi connectivity index (χ3v) is 3.83. The lowest BCUT2D eigenvalue weighted by atomic mass is 10.1. The van der Waals surface area contributed by atoms with Gasteiger partial charge in [0.15, 0.2) is 0 Å². The van der Waals surface area contributed by atoms with Crippen molar-refractivity contribution in [2.24, 2.45) is 0 Å². The van der Waals surface area contributed by atoms with Crippen molar-refractivity contribution in [3.8, 4) is 17.1 Å². The number of halogens is 3. The summed E-state index contributed by atoms with van der Waals surface area (Å²) in [7, 11) is 0. The summed E-state index contributed by atoms with van der Waals surface area (Å²) in [6.45, 7) is 2.24. The largest absolute Gasteiger partial charge is 0.494 e. The van der Waals surface area contributed by atoms with E-state index in [1.165, 1.54) is 18.2 Å². The van der Waals surface area contributed by atoms with Crippen molar-refractivity contribution in [2.45, 2.75) is 26.1 Å². The topological polar surface area (TPSA) is 81.9 Å². The molecule has 0 radical (unpaired) electrons. The molecule has 0 aliphatic rings. The number of benzene rings is 2. The number of nitrogens with zero attached hydrogens (tertiary/aromatic N) is 4. The van der Waals surface area contributed by atoms with Crippen molar-refractivity contribution < 1.29 is 22.7 Å². The average Bonchev–Trinajstić information content (AvgIpc) is 3.14. The third-order valence-electron chi connectivity index (χ3n) is 3.83. The van der Waals surface area contributed by atoms with Gasteiger partial charge >= 0.3 is 6.18 Å². The van der Waals surface area contributed by atoms with Gasteiger partial charge in [0.2, 0.25) is 11.7 Å². The third kappa shape index (κ3) is 5.31. The predicted octanol–water partition coefficient (Wildman–Crippen LogP) is 3.79. The number of para-hydroxylation sites is 1. The number of tetrazole rings is 1. The molecule has 3 rings (SSSR count). The van der Waals surface area contributed by atoms with E-state index in [1.54, 1.807) is 24.3 Å². The molecule has 0 atom stereocenters. The first-order valence-electron chi connectivity index (χ1n) is 8.84. The molecule has 1 heterocycles. The van der Waals surface area contributed by atoms with Gasteiger partial charge in [-0.15, -0.1) is 10.2 Å². The number of aromatic nitrogens is 4. The second-order valence-corrected chi connectivity index (χ2v) is 6.11. The molecule has 0 spiro atoms. The van der Waals surface area contributed by atoms with Gasteiger partial charge in [0, 0.05) is 5.56 Å². The summed E-state index contributed by atoms with van der Waals surface area (Å²) >= 11 is 0. The fourth-order valence-electron chi connectivity index (χ4n) is 2.50. The van der Waals surface area contributed by atoms with E-state index >= 15 is 0 Å². The van der Waals surface area contributed by atoms with Gasteiger partial charge in [-0.2, -0.15) is 18.0 Å². The molecule has 0 fully saturated rings. The summed E-state index contributed by atoms with van der Waals surface area (Å²) in [5.41, 5.74) is -0.582. The Hall–Kier alpha value is -3.43. The molecule has 0 aliphatic heterocycles. The van der Waals surface area contributed by atoms with E-state index in [2.05, 4.69) is 20.7 Å². The van der Waals surface area contributed by atoms with Crippen LogP contribution in [0.25, 0.3) is 11.4 Å². The highest BCUT2D eigenvalue weighted by Gasteiger charge is 2.33. The van der Waals surface area contributed by atoms with Crippen molar-refractivity contribution >= 4 is 11.6 Å². The number of nitrogens with one attached hydrogen (secondary N) is 1. The zero-order valence-electron chi connectivity index (χ0n) is 15.5. The molecule has 0 unspecified atom stereocenters. The normalized spacial score (nSPS) is 11.3. The average molecular weight is 405 g/mol. The SMILES string of the molecule is CCCOc1ccc(-c2nnn(CC(=O)Nc3ccccc3C(F)(F)F)n2)cc1. The number of carbonyl (C=O) groups is 1. The van der Waals surface area contributed by atoms with Gasteiger partial charge in [0.05, 0.1) is 17.9 Å².